The number of aromatic nitrogens is 2. The number of rotatable bonds is 4. The average Bonchev–Trinajstić information content (AvgIpc) is 3.09. The molecule has 1 aliphatic carbocycles. The third-order valence-corrected chi connectivity index (χ3v) is 6.02. The number of amides is 2. The Labute approximate surface area is 165 Å². The van der Waals surface area contributed by atoms with E-state index in [-0.39, 0.29) is 17.7 Å². The van der Waals surface area contributed by atoms with Crippen LogP contribution >= 0.6 is 0 Å². The van der Waals surface area contributed by atoms with Crippen LogP contribution in [0.25, 0.3) is 0 Å². The molecule has 4 rings (SSSR count). The van der Waals surface area contributed by atoms with Gasteiger partial charge in [-0.2, -0.15) is 5.10 Å². The Morgan fingerprint density at radius 1 is 1.14 bits per heavy atom. The van der Waals surface area contributed by atoms with E-state index >= 15 is 0 Å². The van der Waals surface area contributed by atoms with Crippen LogP contribution in [0.5, 0.6) is 0 Å². The first kappa shape index (κ1) is 18.7. The Bertz CT molecular complexity index is 853. The minimum atomic E-state index is -0.173. The first-order valence-corrected chi connectivity index (χ1v) is 10.3. The van der Waals surface area contributed by atoms with Crippen LogP contribution in [0.1, 0.15) is 59.4 Å². The summed E-state index contributed by atoms with van der Waals surface area (Å²) < 4.78 is 1.80. The fourth-order valence-corrected chi connectivity index (χ4v) is 4.43. The number of hydrogen-bond donors (Lipinski definition) is 1. The molecule has 0 saturated heterocycles. The number of carbonyl (C=O) groups excluding carboxylic acids is 2. The highest BCUT2D eigenvalue weighted by Gasteiger charge is 2.32. The summed E-state index contributed by atoms with van der Waals surface area (Å²) in [6.45, 7) is 1.68. The van der Waals surface area contributed by atoms with E-state index in [2.05, 4.69) is 10.4 Å². The van der Waals surface area contributed by atoms with Crippen molar-refractivity contribution >= 4 is 11.8 Å². The van der Waals surface area contributed by atoms with Gasteiger partial charge in [0.15, 0.2) is 5.69 Å². The van der Waals surface area contributed by atoms with Gasteiger partial charge in [0.2, 0.25) is 5.91 Å². The van der Waals surface area contributed by atoms with Gasteiger partial charge in [0.1, 0.15) is 0 Å². The SMILES string of the molecule is Cn1nc(C(=O)NCc2ccccc2)c2c1CCN(C(=O)C1CCCCC1)C2. The third-order valence-electron chi connectivity index (χ3n) is 6.02. The summed E-state index contributed by atoms with van der Waals surface area (Å²) in [6, 6.07) is 9.84. The van der Waals surface area contributed by atoms with Gasteiger partial charge >= 0.3 is 0 Å². The Balaban J connectivity index is 1.47. The summed E-state index contributed by atoms with van der Waals surface area (Å²) in [5.74, 6) is 0.236. The number of aryl methyl sites for hydroxylation is 1. The largest absolute Gasteiger partial charge is 0.347 e. The lowest BCUT2D eigenvalue weighted by Crippen LogP contribution is -2.41. The quantitative estimate of drug-likeness (QED) is 0.887. The molecule has 1 N–H and O–H groups in total. The van der Waals surface area contributed by atoms with Crippen LogP contribution in [-0.4, -0.2) is 33.0 Å². The first-order valence-electron chi connectivity index (χ1n) is 10.3. The Morgan fingerprint density at radius 2 is 1.89 bits per heavy atom. The summed E-state index contributed by atoms with van der Waals surface area (Å²) in [5.41, 5.74) is 3.48. The molecule has 0 radical (unpaired) electrons. The normalized spacial score (nSPS) is 17.2. The van der Waals surface area contributed by atoms with Crippen molar-refractivity contribution in [2.24, 2.45) is 13.0 Å². The van der Waals surface area contributed by atoms with E-state index in [1.165, 1.54) is 6.42 Å². The van der Waals surface area contributed by atoms with Crippen LogP contribution in [0, 0.1) is 5.92 Å². The molecule has 0 bridgehead atoms. The fourth-order valence-electron chi connectivity index (χ4n) is 4.43. The van der Waals surface area contributed by atoms with Gasteiger partial charge in [0, 0.05) is 50.3 Å². The van der Waals surface area contributed by atoms with E-state index in [0.29, 0.717) is 25.3 Å². The predicted octanol–water partition coefficient (Wildman–Crippen LogP) is 2.82. The van der Waals surface area contributed by atoms with Gasteiger partial charge in [-0.1, -0.05) is 49.6 Å². The maximum atomic E-state index is 13.0. The highest BCUT2D eigenvalue weighted by atomic mass is 16.2. The summed E-state index contributed by atoms with van der Waals surface area (Å²) >= 11 is 0. The van der Waals surface area contributed by atoms with E-state index in [4.69, 9.17) is 0 Å². The molecule has 1 aromatic heterocycles. The van der Waals surface area contributed by atoms with Gasteiger partial charge < -0.3 is 10.2 Å². The molecular weight excluding hydrogens is 352 g/mol. The number of fused-ring (bicyclic) bond motifs is 1. The van der Waals surface area contributed by atoms with Gasteiger partial charge in [-0.05, 0) is 18.4 Å². The summed E-state index contributed by atoms with van der Waals surface area (Å²) in [5, 5.41) is 7.45. The van der Waals surface area contributed by atoms with Crippen LogP contribution in [0.4, 0.5) is 0 Å². The molecular formula is C22H28N4O2. The molecule has 1 fully saturated rings. The zero-order valence-corrected chi connectivity index (χ0v) is 16.5. The zero-order chi connectivity index (χ0) is 19.5. The monoisotopic (exact) mass is 380 g/mol. The second-order valence-corrected chi connectivity index (χ2v) is 7.91. The molecule has 0 spiro atoms. The lowest BCUT2D eigenvalue weighted by atomic mass is 9.87. The molecule has 0 unspecified atom stereocenters. The van der Waals surface area contributed by atoms with Gasteiger partial charge in [0.05, 0.1) is 0 Å². The molecule has 2 aliphatic rings. The third kappa shape index (κ3) is 3.81. The Kier molecular flexibility index (Phi) is 5.46. The smallest absolute Gasteiger partial charge is 0.272 e. The number of benzene rings is 1. The van der Waals surface area contributed by atoms with Gasteiger partial charge in [0.25, 0.3) is 5.91 Å². The number of nitrogens with one attached hydrogen (secondary N) is 1. The number of hydrogen-bond acceptors (Lipinski definition) is 3. The van der Waals surface area contributed by atoms with Crippen molar-refractivity contribution in [3.8, 4) is 0 Å². The molecule has 1 aliphatic heterocycles. The average molecular weight is 380 g/mol. The first-order chi connectivity index (χ1) is 13.6. The van der Waals surface area contributed by atoms with Gasteiger partial charge in [-0.3, -0.25) is 14.3 Å². The van der Waals surface area contributed by atoms with E-state index < -0.39 is 0 Å². The molecule has 2 aromatic rings. The molecule has 6 heteroatoms. The fraction of sp³-hybridized carbons (Fsp3) is 0.500. The zero-order valence-electron chi connectivity index (χ0n) is 16.5. The van der Waals surface area contributed by atoms with Crippen LogP contribution in [-0.2, 0) is 31.4 Å². The predicted molar refractivity (Wildman–Crippen MR) is 107 cm³/mol. The highest BCUT2D eigenvalue weighted by molar-refractivity contribution is 5.94. The second kappa shape index (κ2) is 8.17. The van der Waals surface area contributed by atoms with E-state index in [9.17, 15) is 9.59 Å². The highest BCUT2D eigenvalue weighted by Crippen LogP contribution is 2.29. The van der Waals surface area contributed by atoms with Crippen molar-refractivity contribution in [1.82, 2.24) is 20.0 Å². The molecule has 148 valence electrons. The minimum Gasteiger partial charge on any atom is -0.347 e. The number of carbonyl (C=O) groups is 2. The lowest BCUT2D eigenvalue weighted by molar-refractivity contribution is -0.137. The lowest BCUT2D eigenvalue weighted by Gasteiger charge is -2.32. The molecule has 1 saturated carbocycles. The number of nitrogens with zero attached hydrogens (tertiary/aromatic N) is 3. The van der Waals surface area contributed by atoms with E-state index in [1.54, 1.807) is 4.68 Å². The van der Waals surface area contributed by atoms with Crippen LogP contribution in [0.2, 0.25) is 0 Å². The standard InChI is InChI=1S/C22H28N4O2/c1-25-19-12-13-26(22(28)17-10-6-3-7-11-17)15-18(19)20(24-25)21(27)23-14-16-8-4-2-5-9-16/h2,4-5,8-9,17H,3,6-7,10-15H2,1H3,(H,23,27). The van der Waals surface area contributed by atoms with E-state index in [1.807, 2.05) is 42.3 Å². The van der Waals surface area contributed by atoms with Crippen molar-refractivity contribution in [2.45, 2.75) is 51.6 Å². The Morgan fingerprint density at radius 3 is 2.64 bits per heavy atom. The molecule has 0 atom stereocenters. The van der Waals surface area contributed by atoms with Crippen molar-refractivity contribution in [1.29, 1.82) is 0 Å². The van der Waals surface area contributed by atoms with E-state index in [0.717, 1.165) is 48.9 Å². The molecule has 2 amide bonds. The molecule has 1 aromatic carbocycles. The molecule has 28 heavy (non-hydrogen) atoms. The van der Waals surface area contributed by atoms with Gasteiger partial charge in [-0.25, -0.2) is 0 Å². The van der Waals surface area contributed by atoms with Gasteiger partial charge in [-0.15, -0.1) is 0 Å². The minimum absolute atomic E-state index is 0.155. The molecule has 2 heterocycles. The van der Waals surface area contributed by atoms with Crippen molar-refractivity contribution in [2.75, 3.05) is 6.54 Å². The topological polar surface area (TPSA) is 67.2 Å². The Hall–Kier alpha value is -2.63. The summed E-state index contributed by atoms with van der Waals surface area (Å²) in [6.07, 6.45) is 6.29. The molecule has 6 nitrogen and oxygen atoms in total. The van der Waals surface area contributed by atoms with Crippen LogP contribution in [0.15, 0.2) is 30.3 Å². The van der Waals surface area contributed by atoms with Crippen molar-refractivity contribution in [3.05, 3.63) is 52.8 Å². The maximum Gasteiger partial charge on any atom is 0.272 e. The van der Waals surface area contributed by atoms with Crippen molar-refractivity contribution in [3.63, 3.8) is 0 Å². The van der Waals surface area contributed by atoms with Crippen molar-refractivity contribution < 1.29 is 9.59 Å². The summed E-state index contributed by atoms with van der Waals surface area (Å²) in [7, 11) is 1.88. The second-order valence-electron chi connectivity index (χ2n) is 7.91. The maximum absolute atomic E-state index is 13.0. The summed E-state index contributed by atoms with van der Waals surface area (Å²) in [4.78, 5) is 27.7. The van der Waals surface area contributed by atoms with Crippen LogP contribution in [0.3, 0.4) is 0 Å². The van der Waals surface area contributed by atoms with Crippen LogP contribution < -0.4 is 5.32 Å².